The van der Waals surface area contributed by atoms with Gasteiger partial charge in [-0.25, -0.2) is 4.79 Å². The van der Waals surface area contributed by atoms with Crippen molar-refractivity contribution in [1.29, 1.82) is 0 Å². The molecule has 2 rings (SSSR count). The Kier molecular flexibility index (Phi) is 4.84. The maximum Gasteiger partial charge on any atom is 0.329 e. The smallest absolute Gasteiger partial charge is 0.329 e. The third kappa shape index (κ3) is 4.47. The Morgan fingerprint density at radius 2 is 2.10 bits per heavy atom. The van der Waals surface area contributed by atoms with Crippen LogP contribution >= 0.6 is 0 Å². The van der Waals surface area contributed by atoms with E-state index in [1.54, 1.807) is 0 Å². The first-order valence-corrected chi connectivity index (χ1v) is 6.30. The molecule has 0 amide bonds. The predicted molar refractivity (Wildman–Crippen MR) is 70.2 cm³/mol. The van der Waals surface area contributed by atoms with Gasteiger partial charge in [0.25, 0.3) is 0 Å². The molecule has 1 N–H and O–H groups in total. The SMILES string of the molecule is Cc1cccc(CCc2nnc(COCC(=O)O)o2)c1. The molecule has 6 heteroatoms. The first-order valence-electron chi connectivity index (χ1n) is 6.30. The van der Waals surface area contributed by atoms with Gasteiger partial charge < -0.3 is 14.3 Å². The van der Waals surface area contributed by atoms with Crippen LogP contribution in [0.2, 0.25) is 0 Å². The number of rotatable bonds is 7. The van der Waals surface area contributed by atoms with Crippen molar-refractivity contribution in [2.24, 2.45) is 0 Å². The van der Waals surface area contributed by atoms with Gasteiger partial charge in [-0.3, -0.25) is 0 Å². The first kappa shape index (κ1) is 14.2. The average molecular weight is 276 g/mol. The van der Waals surface area contributed by atoms with Gasteiger partial charge >= 0.3 is 5.97 Å². The van der Waals surface area contributed by atoms with E-state index in [9.17, 15) is 4.79 Å². The van der Waals surface area contributed by atoms with Gasteiger partial charge in [0.2, 0.25) is 11.8 Å². The van der Waals surface area contributed by atoms with Gasteiger partial charge in [0, 0.05) is 6.42 Å². The van der Waals surface area contributed by atoms with Crippen molar-refractivity contribution in [2.45, 2.75) is 26.4 Å². The van der Waals surface area contributed by atoms with Crippen molar-refractivity contribution in [3.8, 4) is 0 Å². The molecular formula is C14H16N2O4. The highest BCUT2D eigenvalue weighted by Crippen LogP contribution is 2.09. The molecule has 2 aromatic rings. The summed E-state index contributed by atoms with van der Waals surface area (Å²) in [6.45, 7) is 1.69. The van der Waals surface area contributed by atoms with Crippen molar-refractivity contribution in [1.82, 2.24) is 10.2 Å². The summed E-state index contributed by atoms with van der Waals surface area (Å²) in [5.41, 5.74) is 2.43. The van der Waals surface area contributed by atoms with Gasteiger partial charge in [0.05, 0.1) is 0 Å². The summed E-state index contributed by atoms with van der Waals surface area (Å²) in [7, 11) is 0. The van der Waals surface area contributed by atoms with E-state index in [0.29, 0.717) is 18.2 Å². The van der Waals surface area contributed by atoms with E-state index in [-0.39, 0.29) is 13.2 Å². The number of aliphatic carboxylic acids is 1. The second-order valence-electron chi connectivity index (χ2n) is 4.47. The van der Waals surface area contributed by atoms with Crippen LogP contribution in [0.25, 0.3) is 0 Å². The van der Waals surface area contributed by atoms with Gasteiger partial charge in [-0.05, 0) is 18.9 Å². The summed E-state index contributed by atoms with van der Waals surface area (Å²) >= 11 is 0. The maximum atomic E-state index is 10.3. The van der Waals surface area contributed by atoms with E-state index in [4.69, 9.17) is 14.3 Å². The minimum absolute atomic E-state index is 0.0176. The molecule has 1 aromatic heterocycles. The topological polar surface area (TPSA) is 85.5 Å². The molecule has 0 saturated heterocycles. The van der Waals surface area contributed by atoms with Crippen LogP contribution in [0.15, 0.2) is 28.7 Å². The molecule has 6 nitrogen and oxygen atoms in total. The van der Waals surface area contributed by atoms with Gasteiger partial charge in [0.1, 0.15) is 13.2 Å². The normalized spacial score (nSPS) is 10.7. The van der Waals surface area contributed by atoms with E-state index in [1.165, 1.54) is 11.1 Å². The van der Waals surface area contributed by atoms with Crippen molar-refractivity contribution in [3.63, 3.8) is 0 Å². The summed E-state index contributed by atoms with van der Waals surface area (Å²) in [6, 6.07) is 8.24. The molecule has 1 aromatic carbocycles. The number of aryl methyl sites for hydroxylation is 3. The van der Waals surface area contributed by atoms with E-state index >= 15 is 0 Å². The van der Waals surface area contributed by atoms with Crippen molar-refractivity contribution in [2.75, 3.05) is 6.61 Å². The standard InChI is InChI=1S/C14H16N2O4/c1-10-3-2-4-11(7-10)5-6-12-15-16-13(20-12)8-19-9-14(17)18/h2-4,7H,5-6,8-9H2,1H3,(H,17,18). The second kappa shape index (κ2) is 6.81. The summed E-state index contributed by atoms with van der Waals surface area (Å²) in [5, 5.41) is 16.2. The van der Waals surface area contributed by atoms with Gasteiger partial charge in [0.15, 0.2) is 0 Å². The Hall–Kier alpha value is -2.21. The quantitative estimate of drug-likeness (QED) is 0.829. The second-order valence-corrected chi connectivity index (χ2v) is 4.47. The van der Waals surface area contributed by atoms with Gasteiger partial charge in [-0.15, -0.1) is 10.2 Å². The summed E-state index contributed by atoms with van der Waals surface area (Å²) in [6.07, 6.45) is 1.47. The zero-order valence-corrected chi connectivity index (χ0v) is 11.2. The number of carbonyl (C=O) groups is 1. The molecule has 0 aliphatic carbocycles. The van der Waals surface area contributed by atoms with Crippen LogP contribution in [-0.2, 0) is 29.0 Å². The molecule has 0 spiro atoms. The molecule has 0 bridgehead atoms. The highest BCUT2D eigenvalue weighted by Gasteiger charge is 2.07. The Morgan fingerprint density at radius 3 is 2.85 bits per heavy atom. The highest BCUT2D eigenvalue weighted by molar-refractivity contribution is 5.67. The monoisotopic (exact) mass is 276 g/mol. The molecular weight excluding hydrogens is 260 g/mol. The minimum atomic E-state index is -1.02. The molecule has 1 heterocycles. The largest absolute Gasteiger partial charge is 0.480 e. The maximum absolute atomic E-state index is 10.3. The van der Waals surface area contributed by atoms with Crippen LogP contribution in [0.3, 0.4) is 0 Å². The number of hydrogen-bond donors (Lipinski definition) is 1. The number of carboxylic acids is 1. The predicted octanol–water partition coefficient (Wildman–Crippen LogP) is 1.76. The van der Waals surface area contributed by atoms with Gasteiger partial charge in [-0.2, -0.15) is 0 Å². The van der Waals surface area contributed by atoms with Crippen LogP contribution in [0.4, 0.5) is 0 Å². The van der Waals surface area contributed by atoms with Gasteiger partial charge in [-0.1, -0.05) is 29.8 Å². The Labute approximate surface area is 116 Å². The molecule has 0 aliphatic heterocycles. The number of carboxylic acid groups (broad SMARTS) is 1. The van der Waals surface area contributed by atoms with Crippen molar-refractivity contribution < 1.29 is 19.1 Å². The van der Waals surface area contributed by atoms with E-state index < -0.39 is 5.97 Å². The third-order valence-corrected chi connectivity index (χ3v) is 2.67. The first-order chi connectivity index (χ1) is 9.63. The summed E-state index contributed by atoms with van der Waals surface area (Å²) < 4.78 is 10.3. The average Bonchev–Trinajstić information content (AvgIpc) is 2.84. The van der Waals surface area contributed by atoms with Crippen LogP contribution in [0.1, 0.15) is 22.9 Å². The lowest BCUT2D eigenvalue weighted by Crippen LogP contribution is -2.06. The van der Waals surface area contributed by atoms with Crippen LogP contribution in [0, 0.1) is 6.92 Å². The fraction of sp³-hybridized carbons (Fsp3) is 0.357. The van der Waals surface area contributed by atoms with Crippen LogP contribution < -0.4 is 0 Å². The molecule has 0 unspecified atom stereocenters. The molecule has 0 radical (unpaired) electrons. The molecule has 0 saturated carbocycles. The Balaban J connectivity index is 1.82. The molecule has 20 heavy (non-hydrogen) atoms. The Morgan fingerprint density at radius 1 is 1.30 bits per heavy atom. The highest BCUT2D eigenvalue weighted by atomic mass is 16.5. The van der Waals surface area contributed by atoms with E-state index in [1.807, 2.05) is 19.1 Å². The Bertz CT molecular complexity index is 580. The number of benzene rings is 1. The lowest BCUT2D eigenvalue weighted by molar-refractivity contribution is -0.142. The fourth-order valence-corrected chi connectivity index (χ4v) is 1.79. The number of aromatic nitrogens is 2. The molecule has 0 aliphatic rings. The van der Waals surface area contributed by atoms with Crippen LogP contribution in [-0.4, -0.2) is 27.9 Å². The van der Waals surface area contributed by atoms with Crippen LogP contribution in [0.5, 0.6) is 0 Å². The lowest BCUT2D eigenvalue weighted by Gasteiger charge is -1.99. The molecule has 106 valence electrons. The van der Waals surface area contributed by atoms with E-state index in [0.717, 1.165) is 6.42 Å². The zero-order valence-electron chi connectivity index (χ0n) is 11.2. The number of ether oxygens (including phenoxy) is 1. The van der Waals surface area contributed by atoms with Crippen molar-refractivity contribution >= 4 is 5.97 Å². The minimum Gasteiger partial charge on any atom is -0.480 e. The summed E-state index contributed by atoms with van der Waals surface area (Å²) in [5.74, 6) is -0.199. The van der Waals surface area contributed by atoms with E-state index in [2.05, 4.69) is 22.3 Å². The number of nitrogens with zero attached hydrogens (tertiary/aromatic N) is 2. The molecule has 0 fully saturated rings. The lowest BCUT2D eigenvalue weighted by atomic mass is 10.1. The van der Waals surface area contributed by atoms with Crippen molar-refractivity contribution in [3.05, 3.63) is 47.2 Å². The molecule has 0 atom stereocenters. The summed E-state index contributed by atoms with van der Waals surface area (Å²) in [4.78, 5) is 10.3. The fourth-order valence-electron chi connectivity index (χ4n) is 1.79. The number of hydrogen-bond acceptors (Lipinski definition) is 5. The zero-order chi connectivity index (χ0) is 14.4. The third-order valence-electron chi connectivity index (χ3n) is 2.67.